The number of nitro groups is 1. The molecule has 0 radical (unpaired) electrons. The summed E-state index contributed by atoms with van der Waals surface area (Å²) < 4.78 is 6.66. The molecule has 10 heteroatoms. The summed E-state index contributed by atoms with van der Waals surface area (Å²) in [6.07, 6.45) is 3.24. The molecule has 0 saturated carbocycles. The Hall–Kier alpha value is -2.03. The second kappa shape index (κ2) is 5.99. The van der Waals surface area contributed by atoms with Crippen LogP contribution in [0.2, 0.25) is 10.0 Å². The van der Waals surface area contributed by atoms with Crippen LogP contribution in [0.1, 0.15) is 5.76 Å². The summed E-state index contributed by atoms with van der Waals surface area (Å²) in [7, 11) is 0. The van der Waals surface area contributed by atoms with E-state index in [1.54, 1.807) is 28.1 Å². The smallest absolute Gasteiger partial charge is 0.401 e. The van der Waals surface area contributed by atoms with Gasteiger partial charge in [0.2, 0.25) is 0 Å². The van der Waals surface area contributed by atoms with Gasteiger partial charge in [0.1, 0.15) is 10.7 Å². The van der Waals surface area contributed by atoms with Crippen molar-refractivity contribution in [3.63, 3.8) is 0 Å². The highest BCUT2D eigenvalue weighted by Crippen LogP contribution is 2.26. The Labute approximate surface area is 137 Å². The average Bonchev–Trinajstić information content (AvgIpc) is 3.06. The fourth-order valence-corrected chi connectivity index (χ4v) is 2.85. The van der Waals surface area contributed by atoms with Gasteiger partial charge in [-0.3, -0.25) is 14.5 Å². The normalized spacial score (nSPS) is 11.5. The molecule has 112 valence electrons. The number of fused-ring (bicyclic) bond motifs is 1. The molecule has 0 aliphatic rings. The Bertz CT molecular complexity index is 890. The monoisotopic (exact) mass is 356 g/mol. The molecule has 3 rings (SSSR count). The number of aromatic nitrogens is 3. The van der Waals surface area contributed by atoms with Crippen LogP contribution in [0.5, 0.6) is 0 Å². The summed E-state index contributed by atoms with van der Waals surface area (Å²) in [4.78, 5) is 9.92. The number of nitrogens with zero attached hydrogens (tertiary/aromatic N) is 4. The van der Waals surface area contributed by atoms with E-state index in [-0.39, 0.29) is 5.88 Å². The molecule has 0 aliphatic heterocycles. The highest BCUT2D eigenvalue weighted by molar-refractivity contribution is 8.02. The van der Waals surface area contributed by atoms with E-state index in [1.165, 1.54) is 23.9 Å². The Kier molecular flexibility index (Phi) is 4.06. The fourth-order valence-electron chi connectivity index (χ4n) is 1.67. The number of halogens is 2. The zero-order chi connectivity index (χ0) is 15.7. The highest BCUT2D eigenvalue weighted by atomic mass is 35.5. The quantitative estimate of drug-likeness (QED) is 0.393. The number of thioether (sulfide) groups is 1. The first-order valence-corrected chi connectivity index (χ1v) is 7.45. The van der Waals surface area contributed by atoms with E-state index < -0.39 is 4.92 Å². The van der Waals surface area contributed by atoms with Gasteiger partial charge in [-0.1, -0.05) is 35.0 Å². The van der Waals surface area contributed by atoms with Crippen LogP contribution in [0.3, 0.4) is 0 Å². The number of pyridine rings is 1. The number of hydrogen-bond acceptors (Lipinski definition) is 6. The molecular weight excluding hydrogens is 351 g/mol. The maximum atomic E-state index is 10.5. The molecule has 3 aromatic rings. The van der Waals surface area contributed by atoms with Crippen LogP contribution < -0.4 is 0 Å². The van der Waals surface area contributed by atoms with Gasteiger partial charge in [-0.2, -0.15) is 0 Å². The lowest BCUT2D eigenvalue weighted by atomic mass is 10.4. The Morgan fingerprint density at radius 1 is 1.36 bits per heavy atom. The van der Waals surface area contributed by atoms with Crippen molar-refractivity contribution in [2.24, 2.45) is 0 Å². The van der Waals surface area contributed by atoms with Gasteiger partial charge < -0.3 is 4.42 Å². The third kappa shape index (κ3) is 2.94. The van der Waals surface area contributed by atoms with Crippen molar-refractivity contribution in [3.8, 4) is 0 Å². The van der Waals surface area contributed by atoms with E-state index in [9.17, 15) is 10.1 Å². The van der Waals surface area contributed by atoms with E-state index in [2.05, 4.69) is 10.2 Å². The van der Waals surface area contributed by atoms with Gasteiger partial charge >= 0.3 is 5.88 Å². The van der Waals surface area contributed by atoms with E-state index in [1.807, 2.05) is 0 Å². The van der Waals surface area contributed by atoms with E-state index >= 15 is 0 Å². The summed E-state index contributed by atoms with van der Waals surface area (Å²) in [5, 5.41) is 21.6. The van der Waals surface area contributed by atoms with Crippen LogP contribution in [0, 0.1) is 10.1 Å². The van der Waals surface area contributed by atoms with Gasteiger partial charge in [0, 0.05) is 6.20 Å². The maximum absolute atomic E-state index is 10.5. The van der Waals surface area contributed by atoms with Crippen LogP contribution in [0.15, 0.2) is 39.4 Å². The topological polar surface area (TPSA) is 86.5 Å². The van der Waals surface area contributed by atoms with Crippen molar-refractivity contribution in [2.75, 3.05) is 0 Å². The molecule has 0 fully saturated rings. The van der Waals surface area contributed by atoms with Crippen molar-refractivity contribution in [1.82, 2.24) is 14.6 Å². The van der Waals surface area contributed by atoms with Gasteiger partial charge in [-0.05, 0) is 23.6 Å². The summed E-state index contributed by atoms with van der Waals surface area (Å²) in [6, 6.07) is 4.38. The Balaban J connectivity index is 1.81. The summed E-state index contributed by atoms with van der Waals surface area (Å²) in [5.41, 5.74) is 0.496. The predicted molar refractivity (Wildman–Crippen MR) is 83.3 cm³/mol. The molecule has 0 N–H and O–H groups in total. The third-order valence-electron chi connectivity index (χ3n) is 2.59. The van der Waals surface area contributed by atoms with E-state index in [4.69, 9.17) is 27.6 Å². The van der Waals surface area contributed by atoms with Crippen molar-refractivity contribution in [3.05, 3.63) is 55.7 Å². The lowest BCUT2D eigenvalue weighted by molar-refractivity contribution is -0.402. The molecule has 3 aromatic heterocycles. The third-order valence-corrected chi connectivity index (χ3v) is 3.84. The minimum atomic E-state index is -0.597. The Morgan fingerprint density at radius 3 is 2.91 bits per heavy atom. The first-order chi connectivity index (χ1) is 10.5. The molecular formula is C12H6Cl2N4O3S. The summed E-state index contributed by atoms with van der Waals surface area (Å²) >= 11 is 13.2. The number of furan rings is 1. The van der Waals surface area contributed by atoms with Gasteiger partial charge in [-0.25, -0.2) is 0 Å². The molecule has 3 heterocycles. The molecule has 0 saturated heterocycles. The molecule has 0 aromatic carbocycles. The molecule has 0 bridgehead atoms. The first kappa shape index (κ1) is 14.9. The second-order valence-corrected chi connectivity index (χ2v) is 5.75. The summed E-state index contributed by atoms with van der Waals surface area (Å²) in [5.74, 6) is 0.0558. The van der Waals surface area contributed by atoms with Crippen molar-refractivity contribution >= 4 is 52.6 Å². The van der Waals surface area contributed by atoms with Crippen molar-refractivity contribution in [2.45, 2.75) is 5.16 Å². The second-order valence-electron chi connectivity index (χ2n) is 4.04. The minimum absolute atomic E-state index is 0.309. The standard InChI is InChI=1S/C12H6Cl2N4O3S/c13-7-5-9(14)11-15-16-12(17(11)6-7)22-4-3-8-1-2-10(21-8)18(19)20/h1-6H. The largest absolute Gasteiger partial charge is 0.433 e. The van der Waals surface area contributed by atoms with Crippen molar-refractivity contribution in [1.29, 1.82) is 0 Å². The molecule has 0 amide bonds. The van der Waals surface area contributed by atoms with Crippen LogP contribution in [0.4, 0.5) is 5.88 Å². The average molecular weight is 357 g/mol. The van der Waals surface area contributed by atoms with Crippen LogP contribution in [-0.2, 0) is 0 Å². The zero-order valence-corrected chi connectivity index (χ0v) is 13.0. The van der Waals surface area contributed by atoms with E-state index in [0.29, 0.717) is 26.6 Å². The first-order valence-electron chi connectivity index (χ1n) is 5.82. The van der Waals surface area contributed by atoms with Crippen molar-refractivity contribution < 1.29 is 9.34 Å². The number of hydrogen-bond donors (Lipinski definition) is 0. The van der Waals surface area contributed by atoms with Gasteiger partial charge in [-0.15, -0.1) is 10.2 Å². The zero-order valence-electron chi connectivity index (χ0n) is 10.6. The number of rotatable bonds is 4. The lowest BCUT2D eigenvalue weighted by Gasteiger charge is -1.98. The molecule has 0 atom stereocenters. The molecule has 0 unspecified atom stereocenters. The van der Waals surface area contributed by atoms with Crippen LogP contribution >= 0.6 is 35.0 Å². The van der Waals surface area contributed by atoms with Gasteiger partial charge in [0.25, 0.3) is 0 Å². The molecule has 0 spiro atoms. The molecule has 7 nitrogen and oxygen atoms in total. The van der Waals surface area contributed by atoms with Gasteiger partial charge in [0.15, 0.2) is 10.8 Å². The van der Waals surface area contributed by atoms with Crippen LogP contribution in [-0.4, -0.2) is 19.5 Å². The lowest BCUT2D eigenvalue weighted by Crippen LogP contribution is -1.87. The molecule has 0 aliphatic carbocycles. The summed E-state index contributed by atoms with van der Waals surface area (Å²) in [6.45, 7) is 0. The molecule has 22 heavy (non-hydrogen) atoms. The maximum Gasteiger partial charge on any atom is 0.433 e. The Morgan fingerprint density at radius 2 is 2.18 bits per heavy atom. The van der Waals surface area contributed by atoms with Crippen LogP contribution in [0.25, 0.3) is 11.7 Å². The SMILES string of the molecule is O=[N+]([O-])c1ccc(C=CSc2nnc3c(Cl)cc(Cl)cn23)o1. The van der Waals surface area contributed by atoms with E-state index in [0.717, 1.165) is 0 Å². The predicted octanol–water partition coefficient (Wildman–Crippen LogP) is 4.30. The fraction of sp³-hybridized carbons (Fsp3) is 0. The highest BCUT2D eigenvalue weighted by Gasteiger charge is 2.11. The minimum Gasteiger partial charge on any atom is -0.401 e. The van der Waals surface area contributed by atoms with Gasteiger partial charge in [0.05, 0.1) is 16.1 Å².